The molecule has 4 N–H and O–H groups in total. The van der Waals surface area contributed by atoms with Crippen LogP contribution in [0.2, 0.25) is 0 Å². The Hall–Kier alpha value is -0.910. The van der Waals surface area contributed by atoms with Crippen LogP contribution in [0, 0.1) is 46.3 Å². The van der Waals surface area contributed by atoms with Gasteiger partial charge in [0.1, 0.15) is 0 Å². The van der Waals surface area contributed by atoms with Gasteiger partial charge >= 0.3 is 15.5 Å². The SMILES string of the molecule is C[C@H](CCC(=O)NS(=O)(=O)C(F)(F)F)[C@H]1CC[C@H]2[C@@H]3C(O)C[C@@H]4CC(O)CC[C@]4(C)[C@H]3CC(O)[C@]12C. The maximum Gasteiger partial charge on any atom is 0.516 e. The third kappa shape index (κ3) is 4.49. The van der Waals surface area contributed by atoms with Crippen molar-refractivity contribution in [2.45, 2.75) is 102 Å². The van der Waals surface area contributed by atoms with Crippen LogP contribution >= 0.6 is 0 Å². The Bertz CT molecular complexity index is 960. The Morgan fingerprint density at radius 2 is 1.72 bits per heavy atom. The quantitative estimate of drug-likeness (QED) is 0.425. The van der Waals surface area contributed by atoms with Gasteiger partial charge in [-0.2, -0.15) is 21.6 Å². The van der Waals surface area contributed by atoms with Crippen molar-refractivity contribution in [1.29, 1.82) is 0 Å². The maximum atomic E-state index is 12.6. The predicted octanol–water partition coefficient (Wildman–Crippen LogP) is 3.33. The highest BCUT2D eigenvalue weighted by molar-refractivity contribution is 7.90. The second-order valence-electron chi connectivity index (χ2n) is 12.5. The van der Waals surface area contributed by atoms with E-state index < -0.39 is 39.1 Å². The predicted molar refractivity (Wildman–Crippen MR) is 126 cm³/mol. The van der Waals surface area contributed by atoms with Crippen molar-refractivity contribution in [2.75, 3.05) is 0 Å². The topological polar surface area (TPSA) is 124 Å². The Morgan fingerprint density at radius 1 is 1.06 bits per heavy atom. The van der Waals surface area contributed by atoms with E-state index in [0.29, 0.717) is 19.3 Å². The van der Waals surface area contributed by atoms with E-state index >= 15 is 0 Å². The molecule has 11 heteroatoms. The van der Waals surface area contributed by atoms with E-state index in [1.807, 2.05) is 13.8 Å². The molecule has 4 aliphatic rings. The molecule has 0 spiro atoms. The summed E-state index contributed by atoms with van der Waals surface area (Å²) in [5.74, 6) is -0.832. The van der Waals surface area contributed by atoms with Gasteiger partial charge in [0.05, 0.1) is 18.3 Å². The number of halogens is 3. The number of rotatable bonds is 5. The van der Waals surface area contributed by atoms with Gasteiger partial charge < -0.3 is 15.3 Å². The lowest BCUT2D eigenvalue weighted by Crippen LogP contribution is -2.62. The van der Waals surface area contributed by atoms with Gasteiger partial charge in [-0.05, 0) is 97.7 Å². The first-order chi connectivity index (χ1) is 16.5. The largest absolute Gasteiger partial charge is 0.516 e. The minimum absolute atomic E-state index is 0.00335. The fourth-order valence-corrected chi connectivity index (χ4v) is 9.47. The molecular weight excluding hydrogens is 499 g/mol. The van der Waals surface area contributed by atoms with Crippen LogP contribution in [-0.2, 0) is 14.8 Å². The third-order valence-electron chi connectivity index (χ3n) is 10.9. The van der Waals surface area contributed by atoms with E-state index in [4.69, 9.17) is 0 Å². The summed E-state index contributed by atoms with van der Waals surface area (Å²) in [7, 11) is -5.73. The van der Waals surface area contributed by atoms with Crippen LogP contribution in [0.15, 0.2) is 0 Å². The molecule has 0 bridgehead atoms. The van der Waals surface area contributed by atoms with Crippen molar-refractivity contribution in [3.05, 3.63) is 0 Å². The zero-order valence-electron chi connectivity index (χ0n) is 21.2. The average molecular weight is 540 g/mol. The van der Waals surface area contributed by atoms with E-state index in [0.717, 1.165) is 30.4 Å². The summed E-state index contributed by atoms with van der Waals surface area (Å²) in [4.78, 5) is 12.0. The fraction of sp³-hybridized carbons (Fsp3) is 0.960. The van der Waals surface area contributed by atoms with Gasteiger partial charge in [-0.3, -0.25) is 4.79 Å². The third-order valence-corrected chi connectivity index (χ3v) is 12.0. The number of aliphatic hydroxyl groups excluding tert-OH is 3. The highest BCUT2D eigenvalue weighted by Gasteiger charge is 2.65. The van der Waals surface area contributed by atoms with Gasteiger partial charge in [0, 0.05) is 6.42 Å². The second kappa shape index (κ2) is 9.38. The number of aliphatic hydroxyl groups is 3. The highest BCUT2D eigenvalue weighted by atomic mass is 32.2. The number of fused-ring (bicyclic) bond motifs is 5. The van der Waals surface area contributed by atoms with Crippen molar-refractivity contribution >= 4 is 15.9 Å². The number of hydrogen-bond acceptors (Lipinski definition) is 6. The smallest absolute Gasteiger partial charge is 0.393 e. The minimum atomic E-state index is -5.73. The Balaban J connectivity index is 1.47. The zero-order chi connectivity index (χ0) is 26.8. The summed E-state index contributed by atoms with van der Waals surface area (Å²) in [6.07, 6.45) is 3.45. The van der Waals surface area contributed by atoms with E-state index in [-0.39, 0.29) is 59.9 Å². The average Bonchev–Trinajstić information content (AvgIpc) is 3.11. The lowest BCUT2D eigenvalue weighted by atomic mass is 9.43. The van der Waals surface area contributed by atoms with Gasteiger partial charge in [-0.15, -0.1) is 0 Å². The monoisotopic (exact) mass is 539 g/mol. The Labute approximate surface area is 211 Å². The first kappa shape index (κ1) is 28.1. The summed E-state index contributed by atoms with van der Waals surface area (Å²) < 4.78 is 61.3. The van der Waals surface area contributed by atoms with Gasteiger partial charge in [0.15, 0.2) is 0 Å². The van der Waals surface area contributed by atoms with Crippen molar-refractivity contribution in [2.24, 2.45) is 46.3 Å². The van der Waals surface area contributed by atoms with Gasteiger partial charge in [-0.25, -0.2) is 4.72 Å². The molecule has 0 radical (unpaired) electrons. The molecule has 0 saturated heterocycles. The Morgan fingerprint density at radius 3 is 2.36 bits per heavy atom. The molecule has 4 fully saturated rings. The number of hydrogen-bond donors (Lipinski definition) is 4. The molecule has 4 rings (SSSR count). The summed E-state index contributed by atoms with van der Waals surface area (Å²) in [5.41, 5.74) is -6.10. The number of carbonyl (C=O) groups excluding carboxylic acids is 1. The molecule has 0 aliphatic heterocycles. The molecule has 0 heterocycles. The van der Waals surface area contributed by atoms with Crippen LogP contribution in [-0.4, -0.2) is 53.5 Å². The van der Waals surface area contributed by atoms with E-state index in [1.165, 1.54) is 0 Å². The van der Waals surface area contributed by atoms with Gasteiger partial charge in [-0.1, -0.05) is 20.8 Å². The van der Waals surface area contributed by atoms with E-state index in [1.54, 1.807) is 0 Å². The molecule has 4 aliphatic carbocycles. The minimum Gasteiger partial charge on any atom is -0.393 e. The Kier molecular flexibility index (Phi) is 7.32. The maximum absolute atomic E-state index is 12.6. The van der Waals surface area contributed by atoms with Gasteiger partial charge in [0.2, 0.25) is 5.91 Å². The van der Waals surface area contributed by atoms with E-state index in [2.05, 4.69) is 6.92 Å². The molecule has 7 nitrogen and oxygen atoms in total. The molecule has 36 heavy (non-hydrogen) atoms. The first-order valence-corrected chi connectivity index (χ1v) is 14.7. The van der Waals surface area contributed by atoms with Crippen LogP contribution in [0.5, 0.6) is 0 Å². The van der Waals surface area contributed by atoms with Crippen molar-refractivity contribution < 1.29 is 41.7 Å². The molecular formula is C25H40F3NO6S. The number of nitrogens with one attached hydrogen (secondary N) is 1. The summed E-state index contributed by atoms with van der Waals surface area (Å²) in [5, 5.41) is 33.1. The number of amides is 1. The van der Waals surface area contributed by atoms with Crippen LogP contribution in [0.4, 0.5) is 13.2 Å². The second-order valence-corrected chi connectivity index (χ2v) is 14.2. The normalized spacial score (nSPS) is 45.8. The van der Waals surface area contributed by atoms with Crippen LogP contribution < -0.4 is 4.72 Å². The first-order valence-electron chi connectivity index (χ1n) is 13.2. The molecule has 0 aromatic rings. The lowest BCUT2D eigenvalue weighted by molar-refractivity contribution is -0.207. The molecule has 208 valence electrons. The number of sulfonamides is 1. The van der Waals surface area contributed by atoms with Crippen LogP contribution in [0.25, 0.3) is 0 Å². The highest BCUT2D eigenvalue weighted by Crippen LogP contribution is 2.68. The van der Waals surface area contributed by atoms with E-state index in [9.17, 15) is 41.7 Å². The number of alkyl halides is 3. The van der Waals surface area contributed by atoms with Crippen molar-refractivity contribution in [3.63, 3.8) is 0 Å². The molecule has 4 saturated carbocycles. The van der Waals surface area contributed by atoms with Gasteiger partial charge in [0.25, 0.3) is 0 Å². The zero-order valence-corrected chi connectivity index (χ0v) is 22.0. The molecule has 0 aromatic carbocycles. The van der Waals surface area contributed by atoms with Crippen LogP contribution in [0.1, 0.15) is 78.6 Å². The lowest BCUT2D eigenvalue weighted by Gasteiger charge is -2.63. The molecule has 1 amide bonds. The fourth-order valence-electron chi connectivity index (χ4n) is 8.95. The van der Waals surface area contributed by atoms with Crippen molar-refractivity contribution in [3.8, 4) is 0 Å². The number of carbonyl (C=O) groups is 1. The standard InChI is InChI=1S/C25H40F3NO6S/c1-13(4-7-21(33)29-36(34,35)25(26,27)28)16-5-6-17-22-18(12-20(32)24(16,17)3)23(2)9-8-15(30)10-14(23)11-19(22)31/h13-20,22,30-32H,4-12H2,1-3H3,(H,29,33)/t13-,14+,15?,16-,17+,18+,19?,20?,22+,23+,24-/m1/s1. The summed E-state index contributed by atoms with van der Waals surface area (Å²) >= 11 is 0. The molecule has 3 unspecified atom stereocenters. The summed E-state index contributed by atoms with van der Waals surface area (Å²) in [6, 6.07) is 0. The molecule has 11 atom stereocenters. The van der Waals surface area contributed by atoms with Crippen LogP contribution in [0.3, 0.4) is 0 Å². The van der Waals surface area contributed by atoms with Crippen molar-refractivity contribution in [1.82, 2.24) is 4.72 Å². The summed E-state index contributed by atoms with van der Waals surface area (Å²) in [6.45, 7) is 6.21. The molecule has 0 aromatic heterocycles.